The molecule has 3 rings (SSSR count). The molecule has 0 aliphatic carbocycles. The maximum Gasteiger partial charge on any atom is 0.251 e. The summed E-state index contributed by atoms with van der Waals surface area (Å²) in [6, 6.07) is 15.2. The van der Waals surface area contributed by atoms with Gasteiger partial charge in [0.15, 0.2) is 0 Å². The second-order valence-electron chi connectivity index (χ2n) is 7.05. The normalized spacial score (nSPS) is 17.3. The van der Waals surface area contributed by atoms with E-state index < -0.39 is 6.04 Å². The van der Waals surface area contributed by atoms with E-state index in [0.29, 0.717) is 18.7 Å². The van der Waals surface area contributed by atoms with Crippen LogP contribution in [0.5, 0.6) is 5.75 Å². The van der Waals surface area contributed by atoms with E-state index in [-0.39, 0.29) is 30.0 Å². The molecule has 2 aromatic carbocycles. The maximum atomic E-state index is 12.6. The molecule has 154 valence electrons. The van der Waals surface area contributed by atoms with Gasteiger partial charge in [-0.1, -0.05) is 30.3 Å². The Kier molecular flexibility index (Phi) is 7.61. The number of carbonyl (C=O) groups excluding carboxylic acids is 2. The molecule has 1 aliphatic rings. The standard InChI is InChI=1S/C22H27N3O4/c26-19-8-6-17(7-9-19)22(28)25-20(16-4-2-1-3-5-16)14-21(27)24-11-10-18-15-29-13-12-23-18/h1-9,18,20,23,26H,10-15H2,(H,24,27)(H,25,28). The summed E-state index contributed by atoms with van der Waals surface area (Å²) in [5.41, 5.74) is 1.28. The second kappa shape index (κ2) is 10.6. The van der Waals surface area contributed by atoms with Crippen molar-refractivity contribution in [2.45, 2.75) is 24.9 Å². The Hall–Kier alpha value is -2.90. The van der Waals surface area contributed by atoms with E-state index >= 15 is 0 Å². The van der Waals surface area contributed by atoms with Crippen molar-refractivity contribution in [1.82, 2.24) is 16.0 Å². The molecule has 1 heterocycles. The van der Waals surface area contributed by atoms with E-state index in [1.54, 1.807) is 12.1 Å². The highest BCUT2D eigenvalue weighted by molar-refractivity contribution is 5.95. The molecule has 0 bridgehead atoms. The predicted octanol–water partition coefficient (Wildman–Crippen LogP) is 1.75. The van der Waals surface area contributed by atoms with E-state index in [1.807, 2.05) is 30.3 Å². The van der Waals surface area contributed by atoms with Gasteiger partial charge in [0.05, 0.1) is 25.7 Å². The van der Waals surface area contributed by atoms with Crippen molar-refractivity contribution >= 4 is 11.8 Å². The molecule has 0 spiro atoms. The van der Waals surface area contributed by atoms with Crippen LogP contribution < -0.4 is 16.0 Å². The van der Waals surface area contributed by atoms with Crippen molar-refractivity contribution in [2.24, 2.45) is 0 Å². The number of nitrogens with one attached hydrogen (secondary N) is 3. The Morgan fingerprint density at radius 1 is 1.14 bits per heavy atom. The topological polar surface area (TPSA) is 99.7 Å². The average Bonchev–Trinajstić information content (AvgIpc) is 2.75. The Morgan fingerprint density at radius 2 is 1.90 bits per heavy atom. The first-order valence-electron chi connectivity index (χ1n) is 9.84. The van der Waals surface area contributed by atoms with Crippen LogP contribution in [0.25, 0.3) is 0 Å². The van der Waals surface area contributed by atoms with Gasteiger partial charge in [-0.2, -0.15) is 0 Å². The van der Waals surface area contributed by atoms with Crippen LogP contribution in [0.4, 0.5) is 0 Å². The van der Waals surface area contributed by atoms with E-state index in [9.17, 15) is 14.7 Å². The third kappa shape index (κ3) is 6.58. The number of phenolic OH excluding ortho intramolecular Hbond substituents is 1. The van der Waals surface area contributed by atoms with Crippen molar-refractivity contribution in [2.75, 3.05) is 26.3 Å². The number of rotatable bonds is 8. The number of morpholine rings is 1. The van der Waals surface area contributed by atoms with Crippen molar-refractivity contribution in [3.05, 3.63) is 65.7 Å². The van der Waals surface area contributed by atoms with Gasteiger partial charge in [0, 0.05) is 24.7 Å². The van der Waals surface area contributed by atoms with Crippen LogP contribution in [-0.2, 0) is 9.53 Å². The molecular weight excluding hydrogens is 370 g/mol. The van der Waals surface area contributed by atoms with E-state index in [0.717, 1.165) is 25.1 Å². The number of amides is 2. The fourth-order valence-corrected chi connectivity index (χ4v) is 3.24. The van der Waals surface area contributed by atoms with Crippen LogP contribution in [-0.4, -0.2) is 49.3 Å². The monoisotopic (exact) mass is 397 g/mol. The summed E-state index contributed by atoms with van der Waals surface area (Å²) in [5.74, 6) is -0.324. The molecular formula is C22H27N3O4. The molecule has 0 radical (unpaired) electrons. The first-order chi connectivity index (χ1) is 14.1. The fraction of sp³-hybridized carbons (Fsp3) is 0.364. The number of carbonyl (C=O) groups is 2. The lowest BCUT2D eigenvalue weighted by atomic mass is 10.0. The number of benzene rings is 2. The third-order valence-electron chi connectivity index (χ3n) is 4.84. The Labute approximate surface area is 170 Å². The molecule has 29 heavy (non-hydrogen) atoms. The molecule has 2 amide bonds. The van der Waals surface area contributed by atoms with Gasteiger partial charge in [-0.05, 0) is 36.2 Å². The number of aromatic hydroxyl groups is 1. The van der Waals surface area contributed by atoms with Crippen LogP contribution in [0.2, 0.25) is 0 Å². The molecule has 2 atom stereocenters. The SMILES string of the molecule is O=C(CC(NC(=O)c1ccc(O)cc1)c1ccccc1)NCCC1COCCN1. The number of hydrogen-bond acceptors (Lipinski definition) is 5. The number of hydrogen-bond donors (Lipinski definition) is 4. The smallest absolute Gasteiger partial charge is 0.251 e. The molecule has 1 fully saturated rings. The maximum absolute atomic E-state index is 12.6. The zero-order valence-electron chi connectivity index (χ0n) is 16.3. The predicted molar refractivity (Wildman–Crippen MR) is 110 cm³/mol. The van der Waals surface area contributed by atoms with Gasteiger partial charge in [0.2, 0.25) is 5.91 Å². The first kappa shape index (κ1) is 20.8. The van der Waals surface area contributed by atoms with Crippen LogP contribution in [0.3, 0.4) is 0 Å². The minimum Gasteiger partial charge on any atom is -0.508 e. The van der Waals surface area contributed by atoms with Crippen molar-refractivity contribution in [3.63, 3.8) is 0 Å². The summed E-state index contributed by atoms with van der Waals surface area (Å²) in [7, 11) is 0. The summed E-state index contributed by atoms with van der Waals surface area (Å²) in [6.07, 6.45) is 0.935. The van der Waals surface area contributed by atoms with Gasteiger partial charge in [-0.3, -0.25) is 9.59 Å². The van der Waals surface area contributed by atoms with Crippen molar-refractivity contribution in [3.8, 4) is 5.75 Å². The third-order valence-corrected chi connectivity index (χ3v) is 4.84. The molecule has 2 unspecified atom stereocenters. The molecule has 0 saturated carbocycles. The van der Waals surface area contributed by atoms with Crippen LogP contribution in [0.15, 0.2) is 54.6 Å². The quantitative estimate of drug-likeness (QED) is 0.544. The van der Waals surface area contributed by atoms with Crippen LogP contribution in [0, 0.1) is 0 Å². The zero-order valence-corrected chi connectivity index (χ0v) is 16.3. The molecule has 2 aromatic rings. The molecule has 1 saturated heterocycles. The van der Waals surface area contributed by atoms with E-state index in [2.05, 4.69) is 16.0 Å². The van der Waals surface area contributed by atoms with Gasteiger partial charge >= 0.3 is 0 Å². The highest BCUT2D eigenvalue weighted by atomic mass is 16.5. The Bertz CT molecular complexity index is 789. The first-order valence-corrected chi connectivity index (χ1v) is 9.84. The summed E-state index contributed by atoms with van der Waals surface area (Å²) >= 11 is 0. The van der Waals surface area contributed by atoms with E-state index in [4.69, 9.17) is 4.74 Å². The highest BCUT2D eigenvalue weighted by Crippen LogP contribution is 2.18. The average molecular weight is 397 g/mol. The van der Waals surface area contributed by atoms with Gasteiger partial charge in [0.1, 0.15) is 5.75 Å². The minimum absolute atomic E-state index is 0.0957. The molecule has 7 nitrogen and oxygen atoms in total. The van der Waals surface area contributed by atoms with Gasteiger partial charge in [-0.25, -0.2) is 0 Å². The van der Waals surface area contributed by atoms with Crippen LogP contribution in [0.1, 0.15) is 34.8 Å². The lowest BCUT2D eigenvalue weighted by Gasteiger charge is -2.24. The van der Waals surface area contributed by atoms with Crippen LogP contribution >= 0.6 is 0 Å². The fourth-order valence-electron chi connectivity index (χ4n) is 3.24. The molecule has 1 aliphatic heterocycles. The molecule has 4 N–H and O–H groups in total. The van der Waals surface area contributed by atoms with Gasteiger partial charge < -0.3 is 25.8 Å². The van der Waals surface area contributed by atoms with Crippen molar-refractivity contribution in [1.29, 1.82) is 0 Å². The van der Waals surface area contributed by atoms with Gasteiger partial charge in [-0.15, -0.1) is 0 Å². The molecule has 7 heteroatoms. The van der Waals surface area contributed by atoms with Crippen molar-refractivity contribution < 1.29 is 19.4 Å². The van der Waals surface area contributed by atoms with Gasteiger partial charge in [0.25, 0.3) is 5.91 Å². The number of ether oxygens (including phenoxy) is 1. The second-order valence-corrected chi connectivity index (χ2v) is 7.05. The zero-order chi connectivity index (χ0) is 20.5. The Balaban J connectivity index is 1.57. The Morgan fingerprint density at radius 3 is 2.59 bits per heavy atom. The van der Waals surface area contributed by atoms with E-state index in [1.165, 1.54) is 12.1 Å². The summed E-state index contributed by atoms with van der Waals surface area (Å²) in [6.45, 7) is 2.76. The lowest BCUT2D eigenvalue weighted by molar-refractivity contribution is -0.121. The molecule has 0 aromatic heterocycles. The number of phenols is 1. The highest BCUT2D eigenvalue weighted by Gasteiger charge is 2.20. The summed E-state index contributed by atoms with van der Waals surface area (Å²) in [5, 5.41) is 18.6. The summed E-state index contributed by atoms with van der Waals surface area (Å²) in [4.78, 5) is 25.1. The summed E-state index contributed by atoms with van der Waals surface area (Å²) < 4.78 is 5.42. The minimum atomic E-state index is -0.450. The lowest BCUT2D eigenvalue weighted by Crippen LogP contribution is -2.43. The largest absolute Gasteiger partial charge is 0.508 e.